The van der Waals surface area contributed by atoms with Crippen LogP contribution in [0.2, 0.25) is 0 Å². The molecule has 3 aromatic rings. The minimum Gasteiger partial charge on any atom is -0.468 e. The number of carbonyl (C=O) groups is 1. The largest absolute Gasteiger partial charge is 0.468 e. The molecule has 0 atom stereocenters. The van der Waals surface area contributed by atoms with Crippen molar-refractivity contribution in [1.29, 1.82) is 0 Å². The van der Waals surface area contributed by atoms with Crippen LogP contribution in [0.3, 0.4) is 0 Å². The zero-order valence-electron chi connectivity index (χ0n) is 15.9. The van der Waals surface area contributed by atoms with Gasteiger partial charge in [-0.2, -0.15) is 10.2 Å². The molecule has 0 bridgehead atoms. The molecule has 3 aromatic heterocycles. The Labute approximate surface area is 162 Å². The highest BCUT2D eigenvalue weighted by Gasteiger charge is 2.14. The first-order chi connectivity index (χ1) is 13.7. The van der Waals surface area contributed by atoms with Gasteiger partial charge in [0, 0.05) is 12.7 Å². The molecule has 4 rings (SSSR count). The molecular formula is C18H24N8O2. The van der Waals surface area contributed by atoms with E-state index in [4.69, 9.17) is 4.74 Å². The molecular weight excluding hydrogens is 360 g/mol. The second kappa shape index (κ2) is 8.34. The molecule has 4 heterocycles. The molecule has 0 aliphatic carbocycles. The van der Waals surface area contributed by atoms with Crippen LogP contribution in [0.15, 0.2) is 24.9 Å². The van der Waals surface area contributed by atoms with Crippen LogP contribution in [0.1, 0.15) is 19.3 Å². The third-order valence-corrected chi connectivity index (χ3v) is 4.93. The quantitative estimate of drug-likeness (QED) is 0.610. The van der Waals surface area contributed by atoms with Crippen LogP contribution < -0.4 is 5.32 Å². The molecule has 10 heteroatoms. The van der Waals surface area contributed by atoms with Gasteiger partial charge in [-0.05, 0) is 25.9 Å². The fourth-order valence-electron chi connectivity index (χ4n) is 3.41. The maximum Gasteiger partial charge on any atom is 0.327 e. The van der Waals surface area contributed by atoms with E-state index < -0.39 is 0 Å². The Hall–Kier alpha value is -3.01. The van der Waals surface area contributed by atoms with E-state index in [2.05, 4.69) is 30.4 Å². The van der Waals surface area contributed by atoms with Gasteiger partial charge in [0.25, 0.3) is 0 Å². The molecule has 0 saturated carbocycles. The fourth-order valence-corrected chi connectivity index (χ4v) is 3.41. The number of nitrogens with zero attached hydrogens (tertiary/aromatic N) is 7. The van der Waals surface area contributed by atoms with Crippen molar-refractivity contribution in [3.8, 4) is 0 Å². The minimum absolute atomic E-state index is 0.00485. The smallest absolute Gasteiger partial charge is 0.327 e. The third-order valence-electron chi connectivity index (χ3n) is 4.93. The van der Waals surface area contributed by atoms with Crippen molar-refractivity contribution in [2.75, 3.05) is 32.1 Å². The average molecular weight is 384 g/mol. The van der Waals surface area contributed by atoms with E-state index in [0.717, 1.165) is 24.2 Å². The Bertz CT molecular complexity index is 944. The molecule has 148 valence electrons. The number of piperidine rings is 1. The highest BCUT2D eigenvalue weighted by atomic mass is 16.5. The molecule has 28 heavy (non-hydrogen) atoms. The molecule has 1 N–H and O–H groups in total. The van der Waals surface area contributed by atoms with Gasteiger partial charge in [0.05, 0.1) is 37.1 Å². The van der Waals surface area contributed by atoms with Crippen LogP contribution in [0.4, 0.5) is 11.5 Å². The molecule has 1 fully saturated rings. The Morgan fingerprint density at radius 1 is 1.14 bits per heavy atom. The van der Waals surface area contributed by atoms with Gasteiger partial charge in [-0.3, -0.25) is 9.48 Å². The number of likely N-dealkylation sites (tertiary alicyclic amines) is 1. The van der Waals surface area contributed by atoms with Crippen LogP contribution in [0.25, 0.3) is 11.0 Å². The predicted octanol–water partition coefficient (Wildman–Crippen LogP) is 1.43. The van der Waals surface area contributed by atoms with E-state index in [-0.39, 0.29) is 12.5 Å². The molecule has 1 aliphatic heterocycles. The summed E-state index contributed by atoms with van der Waals surface area (Å²) in [5.74, 6) is 0.241. The van der Waals surface area contributed by atoms with E-state index in [9.17, 15) is 4.79 Å². The summed E-state index contributed by atoms with van der Waals surface area (Å²) in [4.78, 5) is 22.5. The van der Waals surface area contributed by atoms with Crippen molar-refractivity contribution in [2.24, 2.45) is 0 Å². The van der Waals surface area contributed by atoms with Gasteiger partial charge in [-0.1, -0.05) is 6.42 Å². The number of carbonyl (C=O) groups excluding carboxylic acids is 1. The molecule has 1 saturated heterocycles. The number of hydrogen-bond acceptors (Lipinski definition) is 8. The molecule has 0 amide bonds. The first kappa shape index (κ1) is 18.4. The molecule has 0 spiro atoms. The number of fused-ring (bicyclic) bond motifs is 1. The van der Waals surface area contributed by atoms with Crippen molar-refractivity contribution in [3.63, 3.8) is 0 Å². The lowest BCUT2D eigenvalue weighted by Gasteiger charge is -2.26. The minimum atomic E-state index is -0.381. The maximum atomic E-state index is 11.5. The maximum absolute atomic E-state index is 11.5. The van der Waals surface area contributed by atoms with Crippen molar-refractivity contribution in [1.82, 2.24) is 34.4 Å². The number of esters is 1. The summed E-state index contributed by atoms with van der Waals surface area (Å²) in [5.41, 5.74) is 1.42. The highest BCUT2D eigenvalue weighted by molar-refractivity contribution is 5.88. The Morgan fingerprint density at radius 3 is 2.82 bits per heavy atom. The fraction of sp³-hybridized carbons (Fsp3) is 0.500. The lowest BCUT2D eigenvalue weighted by molar-refractivity contribution is -0.141. The number of methoxy groups -OCH3 is 1. The summed E-state index contributed by atoms with van der Waals surface area (Å²) < 4.78 is 8.13. The predicted molar refractivity (Wildman–Crippen MR) is 103 cm³/mol. The van der Waals surface area contributed by atoms with Crippen LogP contribution in [0.5, 0.6) is 0 Å². The normalized spacial score (nSPS) is 15.0. The Kier molecular flexibility index (Phi) is 5.47. The second-order valence-electron chi connectivity index (χ2n) is 6.86. The van der Waals surface area contributed by atoms with Crippen LogP contribution in [0, 0.1) is 0 Å². The summed E-state index contributed by atoms with van der Waals surface area (Å²) in [7, 11) is 1.35. The Balaban J connectivity index is 1.43. The van der Waals surface area contributed by atoms with Crippen LogP contribution in [-0.4, -0.2) is 67.1 Å². The molecule has 10 nitrogen and oxygen atoms in total. The molecule has 1 aliphatic rings. The average Bonchev–Trinajstić information content (AvgIpc) is 3.35. The van der Waals surface area contributed by atoms with Gasteiger partial charge in [-0.25, -0.2) is 14.6 Å². The Morgan fingerprint density at radius 2 is 2.00 bits per heavy atom. The van der Waals surface area contributed by atoms with Gasteiger partial charge < -0.3 is 15.0 Å². The summed E-state index contributed by atoms with van der Waals surface area (Å²) in [5, 5.41) is 12.7. The van der Waals surface area contributed by atoms with Gasteiger partial charge in [0.15, 0.2) is 5.65 Å². The van der Waals surface area contributed by atoms with Crippen LogP contribution >= 0.6 is 0 Å². The van der Waals surface area contributed by atoms with E-state index in [1.54, 1.807) is 12.4 Å². The molecule has 0 radical (unpaired) electrons. The zero-order chi connectivity index (χ0) is 19.3. The topological polar surface area (TPSA) is 103 Å². The van der Waals surface area contributed by atoms with Gasteiger partial charge in [-0.15, -0.1) is 0 Å². The van der Waals surface area contributed by atoms with Gasteiger partial charge >= 0.3 is 5.97 Å². The lowest BCUT2D eigenvalue weighted by Crippen LogP contribution is -2.32. The molecule has 0 unspecified atom stereocenters. The van der Waals surface area contributed by atoms with E-state index >= 15 is 0 Å². The van der Waals surface area contributed by atoms with Crippen molar-refractivity contribution < 1.29 is 9.53 Å². The number of nitrogens with one attached hydrogen (secondary N) is 1. The first-order valence-corrected chi connectivity index (χ1v) is 9.48. The number of hydrogen-bond donors (Lipinski definition) is 1. The number of anilines is 2. The number of rotatable bonds is 7. The number of aromatic nitrogens is 6. The van der Waals surface area contributed by atoms with E-state index in [0.29, 0.717) is 11.5 Å². The summed E-state index contributed by atoms with van der Waals surface area (Å²) >= 11 is 0. The summed E-state index contributed by atoms with van der Waals surface area (Å²) in [6, 6.07) is 0. The van der Waals surface area contributed by atoms with Crippen molar-refractivity contribution >= 4 is 28.5 Å². The standard InChI is InChI=1S/C18H24N8O2/c1-28-16(27)12-26-18-15(10-22-26)17(19-13-20-18)23-14-9-21-25(11-14)8-7-24-5-3-2-4-6-24/h9-11,13H,2-8,12H2,1H3,(H,19,20,23). The molecule has 0 aromatic carbocycles. The number of ether oxygens (including phenoxy) is 1. The van der Waals surface area contributed by atoms with Crippen molar-refractivity contribution in [3.05, 3.63) is 24.9 Å². The van der Waals surface area contributed by atoms with E-state index in [1.165, 1.54) is 50.5 Å². The van der Waals surface area contributed by atoms with Gasteiger partial charge in [0.2, 0.25) is 0 Å². The third kappa shape index (κ3) is 4.11. The summed E-state index contributed by atoms with van der Waals surface area (Å²) in [6.07, 6.45) is 10.8. The second-order valence-corrected chi connectivity index (χ2v) is 6.86. The highest BCUT2D eigenvalue weighted by Crippen LogP contribution is 2.22. The van der Waals surface area contributed by atoms with Crippen molar-refractivity contribution in [2.45, 2.75) is 32.4 Å². The summed E-state index contributed by atoms with van der Waals surface area (Å²) in [6.45, 7) is 4.24. The lowest BCUT2D eigenvalue weighted by atomic mass is 10.1. The van der Waals surface area contributed by atoms with Crippen LogP contribution in [-0.2, 0) is 22.6 Å². The first-order valence-electron chi connectivity index (χ1n) is 9.48. The zero-order valence-corrected chi connectivity index (χ0v) is 15.9. The SMILES string of the molecule is COC(=O)Cn1ncc2c(Nc3cnn(CCN4CCCCC4)c3)ncnc21. The van der Waals surface area contributed by atoms with E-state index in [1.807, 2.05) is 10.9 Å². The monoisotopic (exact) mass is 384 g/mol. The van der Waals surface area contributed by atoms with Gasteiger partial charge in [0.1, 0.15) is 18.7 Å².